The van der Waals surface area contributed by atoms with Gasteiger partial charge in [0, 0.05) is 12.7 Å². The van der Waals surface area contributed by atoms with Gasteiger partial charge in [0.25, 0.3) is 0 Å². The van der Waals surface area contributed by atoms with Gasteiger partial charge in [0.1, 0.15) is 0 Å². The summed E-state index contributed by atoms with van der Waals surface area (Å²) in [5, 5.41) is 0. The molecular formula is C17H38O2Si. The molecule has 1 unspecified atom stereocenters. The lowest BCUT2D eigenvalue weighted by Crippen LogP contribution is -2.44. The van der Waals surface area contributed by atoms with Crippen LogP contribution >= 0.6 is 0 Å². The molecule has 0 aliphatic rings. The molecule has 20 heavy (non-hydrogen) atoms. The van der Waals surface area contributed by atoms with Crippen LogP contribution in [-0.2, 0) is 8.85 Å². The predicted molar refractivity (Wildman–Crippen MR) is 91.4 cm³/mol. The molecule has 0 saturated carbocycles. The van der Waals surface area contributed by atoms with Crippen LogP contribution in [0.2, 0.25) is 12.1 Å². The van der Waals surface area contributed by atoms with Crippen LogP contribution in [0.15, 0.2) is 0 Å². The van der Waals surface area contributed by atoms with E-state index in [0.29, 0.717) is 6.10 Å². The first kappa shape index (κ1) is 20.1. The highest BCUT2D eigenvalue weighted by Crippen LogP contribution is 2.25. The van der Waals surface area contributed by atoms with Gasteiger partial charge in [-0.05, 0) is 43.7 Å². The lowest BCUT2D eigenvalue weighted by Gasteiger charge is -2.33. The Morgan fingerprint density at radius 2 is 1.40 bits per heavy atom. The third kappa shape index (κ3) is 7.23. The fourth-order valence-corrected chi connectivity index (χ4v) is 5.49. The van der Waals surface area contributed by atoms with Crippen LogP contribution in [0.1, 0.15) is 80.1 Å². The molecular weight excluding hydrogens is 264 g/mol. The van der Waals surface area contributed by atoms with Gasteiger partial charge in [0.05, 0.1) is 0 Å². The van der Waals surface area contributed by atoms with Crippen LogP contribution in [0.3, 0.4) is 0 Å². The fourth-order valence-electron chi connectivity index (χ4n) is 2.71. The summed E-state index contributed by atoms with van der Waals surface area (Å²) >= 11 is 0. The second-order valence-corrected chi connectivity index (χ2v) is 9.63. The molecule has 0 aromatic heterocycles. The Morgan fingerprint density at radius 1 is 0.800 bits per heavy atom. The summed E-state index contributed by atoms with van der Waals surface area (Å²) in [4.78, 5) is 0. The Hall–Kier alpha value is 0.137. The van der Waals surface area contributed by atoms with Crippen LogP contribution in [0, 0.1) is 5.92 Å². The van der Waals surface area contributed by atoms with Crippen LogP contribution in [-0.4, -0.2) is 21.3 Å². The molecule has 0 bridgehead atoms. The molecule has 3 heteroatoms. The lowest BCUT2D eigenvalue weighted by molar-refractivity contribution is 0.0984. The number of hydrogen-bond donors (Lipinski definition) is 0. The van der Waals surface area contributed by atoms with Crippen molar-refractivity contribution in [3.05, 3.63) is 0 Å². The number of hydrogen-bond acceptors (Lipinski definition) is 2. The molecule has 0 aliphatic heterocycles. The smallest absolute Gasteiger partial charge is 0.337 e. The van der Waals surface area contributed by atoms with E-state index in [0.717, 1.165) is 37.5 Å². The monoisotopic (exact) mass is 302 g/mol. The average Bonchev–Trinajstić information content (AvgIpc) is 2.50. The molecule has 0 aliphatic carbocycles. The Bertz CT molecular complexity index is 213. The second-order valence-electron chi connectivity index (χ2n) is 5.87. The zero-order valence-corrected chi connectivity index (χ0v) is 15.8. The first-order valence-electron chi connectivity index (χ1n) is 8.92. The third-order valence-corrected chi connectivity index (χ3v) is 8.18. The maximum Gasteiger partial charge on any atom is 0.337 e. The highest BCUT2D eigenvalue weighted by molar-refractivity contribution is 6.67. The fraction of sp³-hybridized carbons (Fsp3) is 1.00. The molecule has 0 fully saturated rings. The van der Waals surface area contributed by atoms with E-state index >= 15 is 0 Å². The molecule has 0 amide bonds. The molecule has 0 N–H and O–H groups in total. The SMILES string of the molecule is CCCO[Si](CC)(CC)OC(CC)CCC(CC)CC. The van der Waals surface area contributed by atoms with Gasteiger partial charge >= 0.3 is 8.56 Å². The number of rotatable bonds is 13. The molecule has 0 aromatic rings. The minimum absolute atomic E-state index is 0.402. The van der Waals surface area contributed by atoms with E-state index in [1.54, 1.807) is 0 Å². The van der Waals surface area contributed by atoms with Crippen molar-refractivity contribution in [1.82, 2.24) is 0 Å². The molecule has 0 spiro atoms. The molecule has 0 saturated heterocycles. The summed E-state index contributed by atoms with van der Waals surface area (Å²) in [5.41, 5.74) is 0. The molecule has 122 valence electrons. The van der Waals surface area contributed by atoms with Crippen molar-refractivity contribution < 1.29 is 8.85 Å². The van der Waals surface area contributed by atoms with Crippen LogP contribution in [0.5, 0.6) is 0 Å². The van der Waals surface area contributed by atoms with Gasteiger partial charge in [-0.3, -0.25) is 0 Å². The van der Waals surface area contributed by atoms with E-state index in [9.17, 15) is 0 Å². The van der Waals surface area contributed by atoms with E-state index in [-0.39, 0.29) is 0 Å². The minimum Gasteiger partial charge on any atom is -0.394 e. The summed E-state index contributed by atoms with van der Waals surface area (Å²) in [6.07, 6.45) is 7.70. The summed E-state index contributed by atoms with van der Waals surface area (Å²) in [7, 11) is -1.94. The molecule has 0 heterocycles. The van der Waals surface area contributed by atoms with E-state index in [4.69, 9.17) is 8.85 Å². The standard InChI is InChI=1S/C17H38O2Si/c1-7-15-18-20(11-5,12-6)19-17(10-4)14-13-16(8-2)9-3/h16-17H,7-15H2,1-6H3. The lowest BCUT2D eigenvalue weighted by atomic mass is 9.95. The predicted octanol–water partition coefficient (Wildman–Crippen LogP) is 5.91. The maximum atomic E-state index is 6.54. The van der Waals surface area contributed by atoms with Crippen molar-refractivity contribution in [3.8, 4) is 0 Å². The van der Waals surface area contributed by atoms with Crippen molar-refractivity contribution in [2.24, 2.45) is 5.92 Å². The topological polar surface area (TPSA) is 18.5 Å². The Morgan fingerprint density at radius 3 is 1.80 bits per heavy atom. The molecule has 0 rings (SSSR count). The van der Waals surface area contributed by atoms with Crippen molar-refractivity contribution in [3.63, 3.8) is 0 Å². The zero-order chi connectivity index (χ0) is 15.4. The highest BCUT2D eigenvalue weighted by Gasteiger charge is 2.35. The average molecular weight is 303 g/mol. The first-order chi connectivity index (χ1) is 9.61. The normalized spacial score (nSPS) is 13.9. The van der Waals surface area contributed by atoms with Gasteiger partial charge in [-0.15, -0.1) is 0 Å². The van der Waals surface area contributed by atoms with E-state index < -0.39 is 8.56 Å². The van der Waals surface area contributed by atoms with Gasteiger partial charge in [0.15, 0.2) is 0 Å². The van der Waals surface area contributed by atoms with Gasteiger partial charge in [-0.1, -0.05) is 54.4 Å². The summed E-state index contributed by atoms with van der Waals surface area (Å²) in [6.45, 7) is 14.4. The molecule has 0 radical (unpaired) electrons. The molecule has 2 nitrogen and oxygen atoms in total. The summed E-state index contributed by atoms with van der Waals surface area (Å²) < 4.78 is 12.7. The zero-order valence-electron chi connectivity index (χ0n) is 14.8. The van der Waals surface area contributed by atoms with Crippen molar-refractivity contribution in [2.45, 2.75) is 98.3 Å². The quantitative estimate of drug-likeness (QED) is 0.394. The van der Waals surface area contributed by atoms with E-state index in [2.05, 4.69) is 41.5 Å². The largest absolute Gasteiger partial charge is 0.394 e. The van der Waals surface area contributed by atoms with Gasteiger partial charge < -0.3 is 8.85 Å². The van der Waals surface area contributed by atoms with E-state index in [1.165, 1.54) is 25.7 Å². The molecule has 0 aromatic carbocycles. The second kappa shape index (κ2) is 11.8. The summed E-state index contributed by atoms with van der Waals surface area (Å²) in [6, 6.07) is 2.15. The van der Waals surface area contributed by atoms with Crippen molar-refractivity contribution >= 4 is 8.56 Å². The molecule has 1 atom stereocenters. The van der Waals surface area contributed by atoms with Crippen LogP contribution in [0.25, 0.3) is 0 Å². The Kier molecular flexibility index (Phi) is 11.8. The summed E-state index contributed by atoms with van der Waals surface area (Å²) in [5.74, 6) is 0.864. The van der Waals surface area contributed by atoms with Crippen molar-refractivity contribution in [2.75, 3.05) is 6.61 Å². The third-order valence-electron chi connectivity index (χ3n) is 4.53. The van der Waals surface area contributed by atoms with Crippen molar-refractivity contribution in [1.29, 1.82) is 0 Å². The minimum atomic E-state index is -1.94. The first-order valence-corrected chi connectivity index (χ1v) is 11.2. The van der Waals surface area contributed by atoms with Gasteiger partial charge in [-0.2, -0.15) is 0 Å². The Labute approximate surface area is 128 Å². The van der Waals surface area contributed by atoms with Crippen LogP contribution in [0.4, 0.5) is 0 Å². The Balaban J connectivity index is 4.46. The maximum absolute atomic E-state index is 6.54. The van der Waals surface area contributed by atoms with E-state index in [1.807, 2.05) is 0 Å². The van der Waals surface area contributed by atoms with Crippen LogP contribution < -0.4 is 0 Å². The van der Waals surface area contributed by atoms with Gasteiger partial charge in [-0.25, -0.2) is 0 Å². The highest BCUT2D eigenvalue weighted by atomic mass is 28.4. The van der Waals surface area contributed by atoms with Gasteiger partial charge in [0.2, 0.25) is 0 Å².